The van der Waals surface area contributed by atoms with E-state index in [2.05, 4.69) is 15.3 Å². The number of imidazole rings is 1. The summed E-state index contributed by atoms with van der Waals surface area (Å²) in [5.41, 5.74) is 2.08. The van der Waals surface area contributed by atoms with E-state index in [4.69, 9.17) is 4.99 Å². The number of amidine groups is 1. The van der Waals surface area contributed by atoms with E-state index in [1.54, 1.807) is 0 Å². The van der Waals surface area contributed by atoms with Crippen LogP contribution in [0, 0.1) is 0 Å². The first-order valence-corrected chi connectivity index (χ1v) is 6.69. The maximum absolute atomic E-state index is 4.79. The Bertz CT molecular complexity index is 580. The van der Waals surface area contributed by atoms with Crippen LogP contribution in [0.1, 0.15) is 31.5 Å². The van der Waals surface area contributed by atoms with Crippen molar-refractivity contribution in [3.8, 4) is 0 Å². The van der Waals surface area contributed by atoms with E-state index < -0.39 is 0 Å². The van der Waals surface area contributed by atoms with Gasteiger partial charge < -0.3 is 10.3 Å². The molecule has 1 aromatic carbocycles. The minimum Gasteiger partial charge on any atom is -0.362 e. The van der Waals surface area contributed by atoms with E-state index in [0.29, 0.717) is 12.1 Å². The van der Waals surface area contributed by atoms with Gasteiger partial charge in [0.1, 0.15) is 0 Å². The number of fused-ring (bicyclic) bond motifs is 2. The first kappa shape index (κ1) is 10.1. The molecule has 4 heteroatoms. The van der Waals surface area contributed by atoms with Crippen LogP contribution < -0.4 is 5.32 Å². The highest BCUT2D eigenvalue weighted by Crippen LogP contribution is 2.26. The number of hydrogen-bond acceptors (Lipinski definition) is 3. The van der Waals surface area contributed by atoms with E-state index in [9.17, 15) is 0 Å². The van der Waals surface area contributed by atoms with Crippen LogP contribution in [0.4, 0.5) is 0 Å². The number of hydrogen-bond donors (Lipinski definition) is 2. The fraction of sp³-hybridized carbons (Fsp3) is 0.429. The van der Waals surface area contributed by atoms with Gasteiger partial charge in [0.05, 0.1) is 23.1 Å². The van der Waals surface area contributed by atoms with E-state index in [1.165, 1.54) is 25.7 Å². The maximum Gasteiger partial charge on any atom is 0.173 e. The number of nitrogens with one attached hydrogen (secondary N) is 2. The van der Waals surface area contributed by atoms with E-state index in [0.717, 1.165) is 22.7 Å². The van der Waals surface area contributed by atoms with E-state index >= 15 is 0 Å². The molecule has 2 aliphatic rings. The smallest absolute Gasteiger partial charge is 0.173 e. The zero-order valence-corrected chi connectivity index (χ0v) is 10.2. The molecule has 1 saturated carbocycles. The van der Waals surface area contributed by atoms with Gasteiger partial charge in [-0.05, 0) is 25.0 Å². The predicted octanol–water partition coefficient (Wildman–Crippen LogP) is 2.22. The lowest BCUT2D eigenvalue weighted by molar-refractivity contribution is 0.384. The topological polar surface area (TPSA) is 53.1 Å². The average molecular weight is 240 g/mol. The van der Waals surface area contributed by atoms with Crippen molar-refractivity contribution >= 4 is 16.9 Å². The molecule has 1 aliphatic heterocycles. The lowest BCUT2D eigenvalue weighted by atomic mass is 9.92. The number of nitrogens with zero attached hydrogens (tertiary/aromatic N) is 2. The molecule has 18 heavy (non-hydrogen) atoms. The van der Waals surface area contributed by atoms with Crippen molar-refractivity contribution in [2.45, 2.75) is 37.8 Å². The van der Waals surface area contributed by atoms with Crippen molar-refractivity contribution in [2.75, 3.05) is 0 Å². The summed E-state index contributed by atoms with van der Waals surface area (Å²) in [6.45, 7) is 0. The lowest BCUT2D eigenvalue weighted by Crippen LogP contribution is -2.37. The number of aliphatic imine (C=N–C) groups is 1. The fourth-order valence-electron chi connectivity index (χ4n) is 3.01. The van der Waals surface area contributed by atoms with Gasteiger partial charge in [-0.15, -0.1) is 0 Å². The molecule has 0 spiro atoms. The second-order valence-corrected chi connectivity index (χ2v) is 5.18. The highest BCUT2D eigenvalue weighted by molar-refractivity contribution is 5.99. The van der Waals surface area contributed by atoms with Crippen molar-refractivity contribution in [1.29, 1.82) is 0 Å². The normalized spacial score (nSPS) is 26.8. The summed E-state index contributed by atoms with van der Waals surface area (Å²) >= 11 is 0. The summed E-state index contributed by atoms with van der Waals surface area (Å²) in [4.78, 5) is 12.7. The number of para-hydroxylation sites is 2. The molecular formula is C14H16N4. The Morgan fingerprint density at radius 1 is 1.11 bits per heavy atom. The first-order valence-electron chi connectivity index (χ1n) is 6.69. The molecule has 4 rings (SSSR count). The third-order valence-electron chi connectivity index (χ3n) is 3.96. The van der Waals surface area contributed by atoms with Gasteiger partial charge in [0, 0.05) is 0 Å². The van der Waals surface area contributed by atoms with Crippen molar-refractivity contribution < 1.29 is 0 Å². The monoisotopic (exact) mass is 240 g/mol. The second kappa shape index (κ2) is 3.83. The Morgan fingerprint density at radius 2 is 2.00 bits per heavy atom. The van der Waals surface area contributed by atoms with Gasteiger partial charge >= 0.3 is 0 Å². The Labute approximate surface area is 106 Å². The van der Waals surface area contributed by atoms with Crippen molar-refractivity contribution in [3.63, 3.8) is 0 Å². The average Bonchev–Trinajstić information content (AvgIpc) is 3.02. The summed E-state index contributed by atoms with van der Waals surface area (Å²) < 4.78 is 0. The molecule has 4 nitrogen and oxygen atoms in total. The van der Waals surface area contributed by atoms with Crippen molar-refractivity contribution in [3.05, 3.63) is 30.1 Å². The van der Waals surface area contributed by atoms with Crippen molar-refractivity contribution in [1.82, 2.24) is 15.3 Å². The SMILES string of the molecule is c1ccc2[nH]c(C3=N[C@@H]4CCCCC4N3)nc2c1. The summed E-state index contributed by atoms with van der Waals surface area (Å²) in [7, 11) is 0. The number of aromatic amines is 1. The third kappa shape index (κ3) is 1.52. The molecule has 0 bridgehead atoms. The Balaban J connectivity index is 1.70. The van der Waals surface area contributed by atoms with Crippen LogP contribution in [0.3, 0.4) is 0 Å². The molecule has 2 N–H and O–H groups in total. The van der Waals surface area contributed by atoms with Crippen LogP contribution in [0.15, 0.2) is 29.3 Å². The number of H-pyrrole nitrogens is 1. The van der Waals surface area contributed by atoms with Gasteiger partial charge in [0.15, 0.2) is 11.7 Å². The van der Waals surface area contributed by atoms with Gasteiger partial charge in [0.25, 0.3) is 0 Å². The summed E-state index contributed by atoms with van der Waals surface area (Å²) in [5.74, 6) is 1.83. The second-order valence-electron chi connectivity index (χ2n) is 5.18. The van der Waals surface area contributed by atoms with Crippen LogP contribution in [0.25, 0.3) is 11.0 Å². The summed E-state index contributed by atoms with van der Waals surface area (Å²) in [6.07, 6.45) is 5.07. The predicted molar refractivity (Wildman–Crippen MR) is 71.8 cm³/mol. The molecule has 2 heterocycles. The van der Waals surface area contributed by atoms with Crippen LogP contribution in [-0.2, 0) is 0 Å². The third-order valence-corrected chi connectivity index (χ3v) is 3.96. The first-order chi connectivity index (χ1) is 8.90. The van der Waals surface area contributed by atoms with Crippen molar-refractivity contribution in [2.24, 2.45) is 4.99 Å². The standard InChI is InChI=1S/C14H16N4/c1-2-6-10-9(5-1)15-13(16-10)14-17-11-7-3-4-8-12(11)18-14/h1-2,5-6,11-12H,3-4,7-8H2,(H,15,16)(H,17,18)/t11-,12?/m1/s1. The fourth-order valence-corrected chi connectivity index (χ4v) is 3.01. The number of aromatic nitrogens is 2. The van der Waals surface area contributed by atoms with Crippen LogP contribution in [0.5, 0.6) is 0 Å². The molecule has 0 radical (unpaired) electrons. The molecule has 1 aromatic heterocycles. The summed E-state index contributed by atoms with van der Waals surface area (Å²) in [5, 5.41) is 3.53. The minimum atomic E-state index is 0.460. The van der Waals surface area contributed by atoms with Gasteiger partial charge in [-0.2, -0.15) is 0 Å². The van der Waals surface area contributed by atoms with E-state index in [1.807, 2.05) is 24.3 Å². The Kier molecular flexibility index (Phi) is 2.15. The Hall–Kier alpha value is -1.84. The van der Waals surface area contributed by atoms with E-state index in [-0.39, 0.29) is 0 Å². The van der Waals surface area contributed by atoms with Gasteiger partial charge in [-0.1, -0.05) is 25.0 Å². The van der Waals surface area contributed by atoms with Gasteiger partial charge in [-0.25, -0.2) is 4.98 Å². The Morgan fingerprint density at radius 3 is 2.89 bits per heavy atom. The highest BCUT2D eigenvalue weighted by atomic mass is 15.2. The molecule has 2 aromatic rings. The molecule has 1 unspecified atom stereocenters. The molecule has 0 saturated heterocycles. The summed E-state index contributed by atoms with van der Waals surface area (Å²) in [6, 6.07) is 9.10. The van der Waals surface area contributed by atoms with Gasteiger partial charge in [0.2, 0.25) is 0 Å². The molecule has 92 valence electrons. The quantitative estimate of drug-likeness (QED) is 0.803. The molecule has 2 atom stereocenters. The molecular weight excluding hydrogens is 224 g/mol. The number of rotatable bonds is 1. The zero-order chi connectivity index (χ0) is 11.9. The van der Waals surface area contributed by atoms with Crippen LogP contribution in [0.2, 0.25) is 0 Å². The van der Waals surface area contributed by atoms with Crippen LogP contribution >= 0.6 is 0 Å². The molecule has 0 amide bonds. The van der Waals surface area contributed by atoms with Gasteiger partial charge in [-0.3, -0.25) is 4.99 Å². The largest absolute Gasteiger partial charge is 0.362 e. The highest BCUT2D eigenvalue weighted by Gasteiger charge is 2.32. The minimum absolute atomic E-state index is 0.460. The lowest BCUT2D eigenvalue weighted by Gasteiger charge is -2.23. The zero-order valence-electron chi connectivity index (χ0n) is 10.2. The maximum atomic E-state index is 4.79. The van der Waals surface area contributed by atoms with Crippen LogP contribution in [-0.4, -0.2) is 27.9 Å². The number of benzene rings is 1. The molecule has 1 aliphatic carbocycles. The molecule has 1 fully saturated rings.